The Morgan fingerprint density at radius 1 is 1.07 bits per heavy atom. The van der Waals surface area contributed by atoms with Gasteiger partial charge in [0.2, 0.25) is 0 Å². The van der Waals surface area contributed by atoms with Crippen LogP contribution in [0.1, 0.15) is 69.7 Å². The zero-order chi connectivity index (χ0) is 28.9. The van der Waals surface area contributed by atoms with Gasteiger partial charge in [-0.25, -0.2) is 32.2 Å². The van der Waals surface area contributed by atoms with Crippen molar-refractivity contribution in [2.45, 2.75) is 58.8 Å². The zero-order valence-corrected chi connectivity index (χ0v) is 23.9. The van der Waals surface area contributed by atoms with Gasteiger partial charge in [-0.1, -0.05) is 33.8 Å². The summed E-state index contributed by atoms with van der Waals surface area (Å²) in [5.41, 5.74) is 1.11. The first-order chi connectivity index (χ1) is 18.9. The third kappa shape index (κ3) is 4.78. The predicted molar refractivity (Wildman–Crippen MR) is 146 cm³/mol. The van der Waals surface area contributed by atoms with Crippen molar-refractivity contribution in [3.63, 3.8) is 0 Å². The highest BCUT2D eigenvalue weighted by atomic mass is 32.2. The van der Waals surface area contributed by atoms with Crippen molar-refractivity contribution in [2.75, 3.05) is 11.5 Å². The van der Waals surface area contributed by atoms with Gasteiger partial charge in [0.25, 0.3) is 5.95 Å². The number of aromatic nitrogens is 7. The fourth-order valence-corrected chi connectivity index (χ4v) is 6.32. The summed E-state index contributed by atoms with van der Waals surface area (Å²) < 4.78 is 54.3. The van der Waals surface area contributed by atoms with E-state index < -0.39 is 26.9 Å². The van der Waals surface area contributed by atoms with Crippen LogP contribution in [0, 0.1) is 17.0 Å². The van der Waals surface area contributed by atoms with Crippen LogP contribution in [0.3, 0.4) is 0 Å². The van der Waals surface area contributed by atoms with Crippen LogP contribution in [0.5, 0.6) is 0 Å². The van der Waals surface area contributed by atoms with Crippen LogP contribution in [-0.2, 0) is 21.7 Å². The third-order valence-electron chi connectivity index (χ3n) is 8.19. The van der Waals surface area contributed by atoms with Crippen molar-refractivity contribution < 1.29 is 17.2 Å². The van der Waals surface area contributed by atoms with E-state index in [1.807, 2.05) is 13.0 Å². The van der Waals surface area contributed by atoms with Gasteiger partial charge in [-0.05, 0) is 54.5 Å². The highest BCUT2D eigenvalue weighted by molar-refractivity contribution is 7.91. The second-order valence-electron chi connectivity index (χ2n) is 11.1. The van der Waals surface area contributed by atoms with E-state index in [1.165, 1.54) is 29.2 Å². The lowest BCUT2D eigenvalue weighted by Crippen LogP contribution is -2.47. The molecule has 0 bridgehead atoms. The van der Waals surface area contributed by atoms with E-state index in [4.69, 9.17) is 4.98 Å². The Kier molecular flexibility index (Phi) is 7.01. The van der Waals surface area contributed by atoms with E-state index >= 15 is 0 Å². The Morgan fingerprint density at radius 2 is 1.80 bits per heavy atom. The lowest BCUT2D eigenvalue weighted by Gasteiger charge is -2.49. The van der Waals surface area contributed by atoms with Gasteiger partial charge in [-0.3, -0.25) is 0 Å². The molecule has 12 heteroatoms. The van der Waals surface area contributed by atoms with E-state index in [-0.39, 0.29) is 46.5 Å². The molecule has 0 radical (unpaired) electrons. The number of fused-ring (bicyclic) bond motifs is 1. The number of nitrogens with zero attached hydrogens (tertiary/aromatic N) is 7. The number of rotatable bonds is 7. The second kappa shape index (κ2) is 10.1. The van der Waals surface area contributed by atoms with Crippen LogP contribution >= 0.6 is 0 Å². The predicted octanol–water partition coefficient (Wildman–Crippen LogP) is 4.61. The maximum Gasteiger partial charge on any atom is 0.252 e. The van der Waals surface area contributed by atoms with Crippen LogP contribution in [0.4, 0.5) is 8.78 Å². The summed E-state index contributed by atoms with van der Waals surface area (Å²) in [6, 6.07) is 7.29. The second-order valence-corrected chi connectivity index (χ2v) is 13.6. The van der Waals surface area contributed by atoms with Crippen LogP contribution in [-0.4, -0.2) is 54.9 Å². The SMILES string of the molecule is CCS(=O)(=O)CCc1ncn(-c2nccc([C@@]3(C)c4nnc(-c5c(F)cccc5F)cc4[C@H](C)CC3(C)C)n2)n1. The number of halogens is 2. The van der Waals surface area contributed by atoms with Gasteiger partial charge < -0.3 is 0 Å². The van der Waals surface area contributed by atoms with Gasteiger partial charge in [0, 0.05) is 18.4 Å². The van der Waals surface area contributed by atoms with Crippen molar-refractivity contribution in [1.29, 1.82) is 0 Å². The Hall–Kier alpha value is -3.67. The molecule has 5 rings (SSSR count). The molecule has 1 aliphatic carbocycles. The van der Waals surface area contributed by atoms with Crippen molar-refractivity contribution in [3.05, 3.63) is 77.3 Å². The Morgan fingerprint density at radius 3 is 2.50 bits per heavy atom. The average molecular weight is 568 g/mol. The summed E-state index contributed by atoms with van der Waals surface area (Å²) >= 11 is 0. The van der Waals surface area contributed by atoms with Gasteiger partial charge >= 0.3 is 0 Å². The van der Waals surface area contributed by atoms with Crippen LogP contribution in [0.2, 0.25) is 0 Å². The first-order valence-electron chi connectivity index (χ1n) is 13.1. The Labute approximate surface area is 232 Å². The molecule has 1 aromatic carbocycles. The minimum atomic E-state index is -3.15. The summed E-state index contributed by atoms with van der Waals surface area (Å²) in [5.74, 6) is -0.639. The molecule has 0 unspecified atom stereocenters. The molecule has 3 aromatic heterocycles. The molecule has 4 aromatic rings. The normalized spacial score (nSPS) is 20.3. The summed E-state index contributed by atoms with van der Waals surface area (Å²) in [6.45, 7) is 10.0. The maximum absolute atomic E-state index is 14.6. The molecule has 0 saturated heterocycles. The fraction of sp³-hybridized carbons (Fsp3) is 0.429. The average Bonchev–Trinajstić information content (AvgIpc) is 3.40. The molecule has 0 fully saturated rings. The Bertz CT molecular complexity index is 1670. The van der Waals surface area contributed by atoms with Crippen molar-refractivity contribution >= 4 is 9.84 Å². The number of sulfone groups is 1. The molecule has 0 aliphatic heterocycles. The quantitative estimate of drug-likeness (QED) is 0.318. The van der Waals surface area contributed by atoms with E-state index in [0.717, 1.165) is 12.0 Å². The largest absolute Gasteiger partial charge is 0.252 e. The standard InChI is InChI=1S/C28H31F2N7O2S/c1-6-40(38,39)13-11-23-32-16-37(36-23)26-31-12-10-22(33-26)28(5)25-18(17(2)15-27(28,3)4)14-21(34-35-25)24-19(29)8-7-9-20(24)30/h7-10,12,14,16-17H,6,11,13,15H2,1-5H3/t17-,28+/m1/s1. The highest BCUT2D eigenvalue weighted by Gasteiger charge is 2.52. The summed E-state index contributed by atoms with van der Waals surface area (Å²) in [7, 11) is -3.15. The Balaban J connectivity index is 1.56. The lowest BCUT2D eigenvalue weighted by atomic mass is 9.54. The molecule has 210 valence electrons. The van der Waals surface area contributed by atoms with Gasteiger partial charge in [-0.2, -0.15) is 9.78 Å². The van der Waals surface area contributed by atoms with Crippen molar-refractivity contribution in [1.82, 2.24) is 34.9 Å². The molecule has 0 spiro atoms. The number of hydrogen-bond acceptors (Lipinski definition) is 8. The molecular formula is C28H31F2N7O2S. The number of benzene rings is 1. The zero-order valence-electron chi connectivity index (χ0n) is 23.1. The summed E-state index contributed by atoms with van der Waals surface area (Å²) in [4.78, 5) is 13.5. The number of hydrogen-bond donors (Lipinski definition) is 0. The van der Waals surface area contributed by atoms with Gasteiger partial charge in [0.1, 0.15) is 27.8 Å². The molecule has 3 heterocycles. The minimum Gasteiger partial charge on any atom is -0.229 e. The summed E-state index contributed by atoms with van der Waals surface area (Å²) in [6.07, 6.45) is 4.06. The molecule has 9 nitrogen and oxygen atoms in total. The number of aryl methyl sites for hydroxylation is 1. The lowest BCUT2D eigenvalue weighted by molar-refractivity contribution is 0.158. The fourth-order valence-electron chi connectivity index (χ4n) is 5.54. The van der Waals surface area contributed by atoms with Crippen molar-refractivity contribution in [2.24, 2.45) is 5.41 Å². The van der Waals surface area contributed by atoms with Gasteiger partial charge in [0.05, 0.1) is 33.8 Å². The van der Waals surface area contributed by atoms with Crippen molar-refractivity contribution in [3.8, 4) is 17.2 Å². The molecule has 1 aliphatic rings. The van der Waals surface area contributed by atoms with Gasteiger partial charge in [0.15, 0.2) is 5.82 Å². The van der Waals surface area contributed by atoms with Gasteiger partial charge in [-0.15, -0.1) is 10.2 Å². The molecule has 0 N–H and O–H groups in total. The molecule has 0 saturated carbocycles. The van der Waals surface area contributed by atoms with E-state index in [9.17, 15) is 17.2 Å². The monoisotopic (exact) mass is 567 g/mol. The minimum absolute atomic E-state index is 0.0346. The molecular weight excluding hydrogens is 536 g/mol. The van der Waals surface area contributed by atoms with E-state index in [2.05, 4.69) is 46.0 Å². The van der Waals surface area contributed by atoms with Crippen LogP contribution in [0.25, 0.3) is 17.2 Å². The maximum atomic E-state index is 14.6. The highest BCUT2D eigenvalue weighted by Crippen LogP contribution is 2.56. The topological polar surface area (TPSA) is 116 Å². The first kappa shape index (κ1) is 27.9. The van der Waals surface area contributed by atoms with E-state index in [0.29, 0.717) is 17.2 Å². The molecule has 0 amide bonds. The molecule has 2 atom stereocenters. The molecule has 40 heavy (non-hydrogen) atoms. The van der Waals surface area contributed by atoms with Crippen LogP contribution < -0.4 is 0 Å². The summed E-state index contributed by atoms with van der Waals surface area (Å²) in [5, 5.41) is 13.3. The first-order valence-corrected chi connectivity index (χ1v) is 15.0. The smallest absolute Gasteiger partial charge is 0.229 e. The third-order valence-corrected chi connectivity index (χ3v) is 9.90. The van der Waals surface area contributed by atoms with E-state index in [1.54, 1.807) is 19.2 Å². The van der Waals surface area contributed by atoms with Crippen LogP contribution in [0.15, 0.2) is 42.9 Å².